The molecular weight excluding hydrogens is 352 g/mol. The molecule has 0 aliphatic carbocycles. The summed E-state index contributed by atoms with van der Waals surface area (Å²) in [5.74, 6) is 0.742. The second-order valence-electron chi connectivity index (χ2n) is 7.65. The lowest BCUT2D eigenvalue weighted by atomic mass is 10.0. The largest absolute Gasteiger partial charge is 0.356 e. The molecule has 6 heteroatoms. The second kappa shape index (κ2) is 10.2. The predicted octanol–water partition coefficient (Wildman–Crippen LogP) is 2.54. The van der Waals surface area contributed by atoms with E-state index in [0.717, 1.165) is 30.1 Å². The first kappa shape index (κ1) is 20.3. The van der Waals surface area contributed by atoms with Gasteiger partial charge < -0.3 is 10.2 Å². The van der Waals surface area contributed by atoms with Crippen molar-refractivity contribution < 1.29 is 4.79 Å². The molecule has 1 aliphatic heterocycles. The van der Waals surface area contributed by atoms with Crippen molar-refractivity contribution in [2.24, 2.45) is 5.92 Å². The predicted molar refractivity (Wildman–Crippen MR) is 111 cm³/mol. The number of benzene rings is 1. The minimum atomic E-state index is -0.188. The molecule has 0 unspecified atom stereocenters. The first-order chi connectivity index (χ1) is 13.6. The SMILES string of the molecule is C[C@H]1CCCN(CCCNC(=O)CCn2nc(-c3ccccc3)ccc2=O)C1. The third kappa shape index (κ3) is 6.02. The minimum absolute atomic E-state index is 0.0363. The lowest BCUT2D eigenvalue weighted by Gasteiger charge is -2.30. The van der Waals surface area contributed by atoms with Crippen molar-refractivity contribution in [1.82, 2.24) is 20.0 Å². The van der Waals surface area contributed by atoms with Gasteiger partial charge in [0.25, 0.3) is 5.56 Å². The molecule has 6 nitrogen and oxygen atoms in total. The first-order valence-electron chi connectivity index (χ1n) is 10.2. The Bertz CT molecular complexity index is 819. The Balaban J connectivity index is 1.42. The van der Waals surface area contributed by atoms with Crippen molar-refractivity contribution in [3.8, 4) is 11.3 Å². The molecule has 0 spiro atoms. The van der Waals surface area contributed by atoms with Gasteiger partial charge in [-0.05, 0) is 44.3 Å². The molecule has 2 aromatic rings. The van der Waals surface area contributed by atoms with Crippen LogP contribution in [-0.4, -0.2) is 46.8 Å². The number of likely N-dealkylation sites (tertiary alicyclic amines) is 1. The molecule has 1 aliphatic rings. The van der Waals surface area contributed by atoms with E-state index in [4.69, 9.17) is 0 Å². The van der Waals surface area contributed by atoms with Crippen LogP contribution in [-0.2, 0) is 11.3 Å². The fraction of sp³-hybridized carbons (Fsp3) is 0.500. The topological polar surface area (TPSA) is 67.2 Å². The molecule has 3 rings (SSSR count). The van der Waals surface area contributed by atoms with Gasteiger partial charge in [0.05, 0.1) is 12.2 Å². The maximum atomic E-state index is 12.1. The Morgan fingerprint density at radius 3 is 2.79 bits per heavy atom. The third-order valence-electron chi connectivity index (χ3n) is 5.20. The number of piperidine rings is 1. The summed E-state index contributed by atoms with van der Waals surface area (Å²) < 4.78 is 1.37. The minimum Gasteiger partial charge on any atom is -0.356 e. The van der Waals surface area contributed by atoms with E-state index in [2.05, 4.69) is 22.2 Å². The van der Waals surface area contributed by atoms with Gasteiger partial charge >= 0.3 is 0 Å². The number of hydrogen-bond donors (Lipinski definition) is 1. The van der Waals surface area contributed by atoms with Crippen LogP contribution in [0.1, 0.15) is 32.6 Å². The van der Waals surface area contributed by atoms with Crippen molar-refractivity contribution in [1.29, 1.82) is 0 Å². The van der Waals surface area contributed by atoms with Crippen molar-refractivity contribution in [2.45, 2.75) is 39.2 Å². The summed E-state index contributed by atoms with van der Waals surface area (Å²) in [6.45, 7) is 6.64. The van der Waals surface area contributed by atoms with Crippen LogP contribution in [0.15, 0.2) is 47.3 Å². The highest BCUT2D eigenvalue weighted by molar-refractivity contribution is 5.75. The summed E-state index contributed by atoms with van der Waals surface area (Å²) in [7, 11) is 0. The number of aromatic nitrogens is 2. The molecular formula is C22H30N4O2. The molecule has 1 aromatic heterocycles. The van der Waals surface area contributed by atoms with Crippen LogP contribution in [0.5, 0.6) is 0 Å². The summed E-state index contributed by atoms with van der Waals surface area (Å²) in [6, 6.07) is 12.9. The Morgan fingerprint density at radius 1 is 1.18 bits per heavy atom. The first-order valence-corrected chi connectivity index (χ1v) is 10.2. The molecule has 0 radical (unpaired) electrons. The highest BCUT2D eigenvalue weighted by Crippen LogP contribution is 2.15. The standard InChI is InChI=1S/C22H30N4O2/c1-18-7-5-14-25(17-18)15-6-13-23-21(27)12-16-26-22(28)11-10-20(24-26)19-8-3-2-4-9-19/h2-4,8-11,18H,5-7,12-17H2,1H3,(H,23,27)/t18-/m0/s1. The van der Waals surface area contributed by atoms with Gasteiger partial charge in [-0.25, -0.2) is 4.68 Å². The van der Waals surface area contributed by atoms with E-state index in [1.165, 1.54) is 36.7 Å². The van der Waals surface area contributed by atoms with Gasteiger partial charge in [0, 0.05) is 31.1 Å². The molecule has 1 aromatic carbocycles. The Hall–Kier alpha value is -2.47. The Labute approximate surface area is 166 Å². The number of carbonyl (C=O) groups excluding carboxylic acids is 1. The number of carbonyl (C=O) groups is 1. The molecule has 1 N–H and O–H groups in total. The van der Waals surface area contributed by atoms with Crippen LogP contribution in [0.25, 0.3) is 11.3 Å². The van der Waals surface area contributed by atoms with E-state index in [0.29, 0.717) is 6.54 Å². The van der Waals surface area contributed by atoms with Crippen LogP contribution in [0, 0.1) is 5.92 Å². The van der Waals surface area contributed by atoms with Crippen LogP contribution in [0.2, 0.25) is 0 Å². The normalized spacial score (nSPS) is 17.4. The van der Waals surface area contributed by atoms with Crippen LogP contribution >= 0.6 is 0 Å². The molecule has 1 fully saturated rings. The zero-order valence-corrected chi connectivity index (χ0v) is 16.6. The fourth-order valence-corrected chi connectivity index (χ4v) is 3.69. The fourth-order valence-electron chi connectivity index (χ4n) is 3.69. The molecule has 0 bridgehead atoms. The van der Waals surface area contributed by atoms with E-state index in [1.807, 2.05) is 30.3 Å². The van der Waals surface area contributed by atoms with E-state index < -0.39 is 0 Å². The van der Waals surface area contributed by atoms with Gasteiger partial charge in [-0.1, -0.05) is 37.3 Å². The summed E-state index contributed by atoms with van der Waals surface area (Å²) in [4.78, 5) is 26.6. The number of hydrogen-bond acceptors (Lipinski definition) is 4. The van der Waals surface area contributed by atoms with Gasteiger partial charge in [0.2, 0.25) is 5.91 Å². The molecule has 150 valence electrons. The molecule has 0 saturated carbocycles. The highest BCUT2D eigenvalue weighted by Gasteiger charge is 2.15. The zero-order valence-electron chi connectivity index (χ0n) is 16.6. The van der Waals surface area contributed by atoms with E-state index >= 15 is 0 Å². The molecule has 1 saturated heterocycles. The van der Waals surface area contributed by atoms with Crippen molar-refractivity contribution >= 4 is 5.91 Å². The maximum Gasteiger partial charge on any atom is 0.266 e. The summed E-state index contributed by atoms with van der Waals surface area (Å²) in [5, 5.41) is 7.36. The number of aryl methyl sites for hydroxylation is 1. The van der Waals surface area contributed by atoms with Crippen LogP contribution in [0.4, 0.5) is 0 Å². The summed E-state index contributed by atoms with van der Waals surface area (Å²) in [5.41, 5.74) is 1.50. The Morgan fingerprint density at radius 2 is 2.00 bits per heavy atom. The summed E-state index contributed by atoms with van der Waals surface area (Å²) >= 11 is 0. The highest BCUT2D eigenvalue weighted by atomic mass is 16.2. The number of rotatable bonds is 8. The van der Waals surface area contributed by atoms with E-state index in [-0.39, 0.29) is 24.4 Å². The average Bonchev–Trinajstić information content (AvgIpc) is 2.71. The van der Waals surface area contributed by atoms with Gasteiger partial charge in [-0.3, -0.25) is 9.59 Å². The average molecular weight is 383 g/mol. The quantitative estimate of drug-likeness (QED) is 0.713. The molecule has 2 heterocycles. The third-order valence-corrected chi connectivity index (χ3v) is 5.20. The lowest BCUT2D eigenvalue weighted by Crippen LogP contribution is -2.36. The second-order valence-corrected chi connectivity index (χ2v) is 7.65. The van der Waals surface area contributed by atoms with E-state index in [1.54, 1.807) is 6.07 Å². The monoisotopic (exact) mass is 382 g/mol. The van der Waals surface area contributed by atoms with Crippen LogP contribution < -0.4 is 10.9 Å². The number of nitrogens with zero attached hydrogens (tertiary/aromatic N) is 3. The zero-order chi connectivity index (χ0) is 19.8. The van der Waals surface area contributed by atoms with Crippen molar-refractivity contribution in [2.75, 3.05) is 26.2 Å². The van der Waals surface area contributed by atoms with E-state index in [9.17, 15) is 9.59 Å². The molecule has 1 atom stereocenters. The van der Waals surface area contributed by atoms with Crippen molar-refractivity contribution in [3.63, 3.8) is 0 Å². The van der Waals surface area contributed by atoms with Gasteiger partial charge in [0.15, 0.2) is 0 Å². The molecule has 1 amide bonds. The maximum absolute atomic E-state index is 12.1. The van der Waals surface area contributed by atoms with Gasteiger partial charge in [0.1, 0.15) is 0 Å². The van der Waals surface area contributed by atoms with Crippen LogP contribution in [0.3, 0.4) is 0 Å². The Kier molecular flexibility index (Phi) is 7.37. The number of amides is 1. The lowest BCUT2D eigenvalue weighted by molar-refractivity contribution is -0.121. The number of nitrogens with one attached hydrogen (secondary N) is 1. The van der Waals surface area contributed by atoms with Gasteiger partial charge in [-0.15, -0.1) is 0 Å². The molecule has 28 heavy (non-hydrogen) atoms. The summed E-state index contributed by atoms with van der Waals surface area (Å²) in [6.07, 6.45) is 3.81. The smallest absolute Gasteiger partial charge is 0.266 e. The van der Waals surface area contributed by atoms with Crippen molar-refractivity contribution in [3.05, 3.63) is 52.8 Å². The van der Waals surface area contributed by atoms with Gasteiger partial charge in [-0.2, -0.15) is 5.10 Å².